The molecule has 0 unspecified atom stereocenters. The van der Waals surface area contributed by atoms with Gasteiger partial charge in [0.1, 0.15) is 16.8 Å². The Morgan fingerprint density at radius 2 is 0.982 bits per heavy atom. The van der Waals surface area contributed by atoms with Crippen molar-refractivity contribution in [1.29, 1.82) is 0 Å². The smallest absolute Gasteiger partial charge is 0.180 e. The highest BCUT2D eigenvalue weighted by Crippen LogP contribution is 2.41. The zero-order valence-electron chi connectivity index (χ0n) is 30.3. The molecular weight excluding hydrogens is 683 g/mol. The molecule has 262 valence electrons. The van der Waals surface area contributed by atoms with Crippen LogP contribution >= 0.6 is 0 Å². The zero-order valence-corrected chi connectivity index (χ0v) is 30.3. The van der Waals surface area contributed by atoms with Crippen LogP contribution in [0.15, 0.2) is 205 Å². The fourth-order valence-corrected chi connectivity index (χ4v) is 8.17. The fourth-order valence-electron chi connectivity index (χ4n) is 8.17. The average Bonchev–Trinajstić information content (AvgIpc) is 3.82. The summed E-state index contributed by atoms with van der Waals surface area (Å²) in [5.41, 5.74) is 15.3. The van der Waals surface area contributed by atoms with Crippen LogP contribution in [0.2, 0.25) is 0 Å². The number of nitrogens with zero attached hydrogens (tertiary/aromatic N) is 3. The van der Waals surface area contributed by atoms with Gasteiger partial charge in [-0.05, 0) is 70.3 Å². The minimum atomic E-state index is 0.666. The van der Waals surface area contributed by atoms with E-state index in [2.05, 4.69) is 180 Å². The van der Waals surface area contributed by atoms with Crippen LogP contribution in [0.4, 0.5) is 0 Å². The highest BCUT2D eigenvalue weighted by atomic mass is 16.3. The van der Waals surface area contributed by atoms with E-state index in [0.29, 0.717) is 11.4 Å². The average molecular weight is 716 g/mol. The Hall–Kier alpha value is -7.56. The molecule has 0 bridgehead atoms. The molecule has 4 nitrogen and oxygen atoms in total. The van der Waals surface area contributed by atoms with Crippen molar-refractivity contribution in [3.63, 3.8) is 0 Å². The third-order valence-corrected chi connectivity index (χ3v) is 10.8. The molecular formula is C52H33N3O. The van der Waals surface area contributed by atoms with Gasteiger partial charge in [-0.15, -0.1) is 0 Å². The Morgan fingerprint density at radius 3 is 1.79 bits per heavy atom. The van der Waals surface area contributed by atoms with Crippen LogP contribution in [-0.2, 0) is 0 Å². The number of furan rings is 1. The maximum absolute atomic E-state index is 6.78. The van der Waals surface area contributed by atoms with Gasteiger partial charge in [0.05, 0.1) is 11.0 Å². The first-order valence-corrected chi connectivity index (χ1v) is 18.9. The molecule has 3 heterocycles. The van der Waals surface area contributed by atoms with Crippen LogP contribution in [-0.4, -0.2) is 14.5 Å². The zero-order chi connectivity index (χ0) is 37.0. The standard InChI is InChI=1S/C52H33N3O/c1-4-15-34(16-5-1)36-19-13-22-40(32-36)48-51-49(54-52(53-48)35-17-6-2-7-18-35)45-30-29-38(33-47(45)56-51)37-20-12-21-39(31-37)42-26-14-27-44-43-25-10-11-28-46(43)55(50(42)44)41-23-8-3-9-24-41/h1-33H. The van der Waals surface area contributed by atoms with E-state index in [1.807, 2.05) is 24.3 Å². The van der Waals surface area contributed by atoms with Crippen LogP contribution in [0.1, 0.15) is 0 Å². The van der Waals surface area contributed by atoms with Crippen molar-refractivity contribution in [3.05, 3.63) is 200 Å². The van der Waals surface area contributed by atoms with Crippen molar-refractivity contribution < 1.29 is 4.42 Å². The van der Waals surface area contributed by atoms with Crippen molar-refractivity contribution in [1.82, 2.24) is 14.5 Å². The molecule has 0 aliphatic heterocycles. The van der Waals surface area contributed by atoms with E-state index in [1.165, 1.54) is 27.4 Å². The normalized spacial score (nSPS) is 11.6. The molecule has 56 heavy (non-hydrogen) atoms. The second kappa shape index (κ2) is 13.1. The Balaban J connectivity index is 1.07. The molecule has 8 aromatic carbocycles. The van der Waals surface area contributed by atoms with Crippen LogP contribution in [0.5, 0.6) is 0 Å². The molecule has 0 saturated carbocycles. The van der Waals surface area contributed by atoms with E-state index < -0.39 is 0 Å². The summed E-state index contributed by atoms with van der Waals surface area (Å²) in [7, 11) is 0. The van der Waals surface area contributed by atoms with Crippen LogP contribution < -0.4 is 0 Å². The Kier molecular flexibility index (Phi) is 7.46. The van der Waals surface area contributed by atoms with Crippen molar-refractivity contribution in [2.75, 3.05) is 0 Å². The molecule has 11 aromatic rings. The maximum Gasteiger partial charge on any atom is 0.180 e. The summed E-state index contributed by atoms with van der Waals surface area (Å²) in [5.74, 6) is 0.666. The van der Waals surface area contributed by atoms with Gasteiger partial charge < -0.3 is 8.98 Å². The molecule has 4 heteroatoms. The largest absolute Gasteiger partial charge is 0.452 e. The summed E-state index contributed by atoms with van der Waals surface area (Å²) in [6, 6.07) is 70.3. The number of hydrogen-bond acceptors (Lipinski definition) is 3. The fraction of sp³-hybridized carbons (Fsp3) is 0. The lowest BCUT2D eigenvalue weighted by molar-refractivity contribution is 0.667. The molecule has 0 fully saturated rings. The lowest BCUT2D eigenvalue weighted by Gasteiger charge is -2.12. The third-order valence-electron chi connectivity index (χ3n) is 10.8. The van der Waals surface area contributed by atoms with Gasteiger partial charge in [-0.25, -0.2) is 9.97 Å². The van der Waals surface area contributed by atoms with Crippen LogP contribution in [0.25, 0.3) is 106 Å². The predicted octanol–water partition coefficient (Wildman–Crippen LogP) is 13.8. The monoisotopic (exact) mass is 715 g/mol. The molecule has 0 saturated heterocycles. The van der Waals surface area contributed by atoms with Crippen molar-refractivity contribution in [3.8, 4) is 61.7 Å². The van der Waals surface area contributed by atoms with E-state index >= 15 is 0 Å². The van der Waals surface area contributed by atoms with Crippen molar-refractivity contribution in [2.45, 2.75) is 0 Å². The van der Waals surface area contributed by atoms with Gasteiger partial charge in [-0.1, -0.05) is 158 Å². The van der Waals surface area contributed by atoms with Gasteiger partial charge in [0.15, 0.2) is 11.4 Å². The molecule has 0 N–H and O–H groups in total. The summed E-state index contributed by atoms with van der Waals surface area (Å²) in [4.78, 5) is 10.3. The Morgan fingerprint density at radius 1 is 0.393 bits per heavy atom. The molecule has 0 radical (unpaired) electrons. The number of fused-ring (bicyclic) bond motifs is 6. The van der Waals surface area contributed by atoms with E-state index in [4.69, 9.17) is 14.4 Å². The SMILES string of the molecule is c1ccc(-c2cccc(-c3nc(-c4ccccc4)nc4c3oc3cc(-c5cccc(-c6cccc7c8ccccc8n(-c8ccccc8)c67)c5)ccc34)c2)cc1. The molecule has 0 amide bonds. The van der Waals surface area contributed by atoms with Crippen LogP contribution in [0.3, 0.4) is 0 Å². The summed E-state index contributed by atoms with van der Waals surface area (Å²) in [6.45, 7) is 0. The van der Waals surface area contributed by atoms with E-state index in [9.17, 15) is 0 Å². The Labute approximate surface area is 323 Å². The van der Waals surface area contributed by atoms with Gasteiger partial charge in [0.25, 0.3) is 0 Å². The first-order chi connectivity index (χ1) is 27.8. The molecule has 0 spiro atoms. The molecule has 11 rings (SSSR count). The molecule has 3 aromatic heterocycles. The van der Waals surface area contributed by atoms with Gasteiger partial charge in [-0.3, -0.25) is 0 Å². The van der Waals surface area contributed by atoms with Crippen molar-refractivity contribution in [2.24, 2.45) is 0 Å². The summed E-state index contributed by atoms with van der Waals surface area (Å²) in [6.07, 6.45) is 0. The number of rotatable bonds is 6. The van der Waals surface area contributed by atoms with E-state index in [1.54, 1.807) is 0 Å². The van der Waals surface area contributed by atoms with Gasteiger partial charge in [-0.2, -0.15) is 0 Å². The van der Waals surface area contributed by atoms with Crippen LogP contribution in [0, 0.1) is 0 Å². The van der Waals surface area contributed by atoms with E-state index in [-0.39, 0.29) is 0 Å². The predicted molar refractivity (Wildman–Crippen MR) is 231 cm³/mol. The minimum absolute atomic E-state index is 0.666. The number of benzene rings is 8. The lowest BCUT2D eigenvalue weighted by Crippen LogP contribution is -1.95. The second-order valence-electron chi connectivity index (χ2n) is 14.2. The molecule has 0 aliphatic carbocycles. The molecule has 0 aliphatic rings. The third kappa shape index (κ3) is 5.31. The topological polar surface area (TPSA) is 43.9 Å². The highest BCUT2D eigenvalue weighted by Gasteiger charge is 2.20. The first-order valence-electron chi connectivity index (χ1n) is 18.9. The quantitative estimate of drug-likeness (QED) is 0.172. The summed E-state index contributed by atoms with van der Waals surface area (Å²) >= 11 is 0. The second-order valence-corrected chi connectivity index (χ2v) is 14.2. The van der Waals surface area contributed by atoms with Gasteiger partial charge >= 0.3 is 0 Å². The first kappa shape index (κ1) is 31.9. The van der Waals surface area contributed by atoms with E-state index in [0.717, 1.165) is 66.8 Å². The minimum Gasteiger partial charge on any atom is -0.452 e. The highest BCUT2D eigenvalue weighted by molar-refractivity contribution is 6.14. The summed E-state index contributed by atoms with van der Waals surface area (Å²) in [5, 5.41) is 3.43. The molecule has 0 atom stereocenters. The Bertz CT molecular complexity index is 3240. The summed E-state index contributed by atoms with van der Waals surface area (Å²) < 4.78 is 9.17. The lowest BCUT2D eigenvalue weighted by atomic mass is 9.97. The van der Waals surface area contributed by atoms with Gasteiger partial charge in [0.2, 0.25) is 0 Å². The number of aromatic nitrogens is 3. The van der Waals surface area contributed by atoms with Crippen molar-refractivity contribution >= 4 is 43.9 Å². The van der Waals surface area contributed by atoms with Gasteiger partial charge in [0, 0.05) is 38.5 Å². The number of para-hydroxylation sites is 3. The maximum atomic E-state index is 6.78. The number of hydrogen-bond donors (Lipinski definition) is 0.